The summed E-state index contributed by atoms with van der Waals surface area (Å²) in [6.45, 7) is 2.64. The summed E-state index contributed by atoms with van der Waals surface area (Å²) in [6.07, 6.45) is 0.368. The lowest BCUT2D eigenvalue weighted by atomic mass is 10.1. The van der Waals surface area contributed by atoms with Crippen LogP contribution >= 0.6 is 11.6 Å². The second kappa shape index (κ2) is 7.50. The number of aliphatic hydroxyl groups is 1. The van der Waals surface area contributed by atoms with E-state index in [0.717, 1.165) is 6.42 Å². The summed E-state index contributed by atoms with van der Waals surface area (Å²) in [5.74, 6) is 0.965. The molecule has 0 unspecified atom stereocenters. The van der Waals surface area contributed by atoms with Crippen LogP contribution in [0.5, 0.6) is 11.5 Å². The third kappa shape index (κ3) is 4.49. The van der Waals surface area contributed by atoms with Gasteiger partial charge in [-0.1, -0.05) is 24.9 Å². The van der Waals surface area contributed by atoms with Gasteiger partial charge in [0.2, 0.25) is 10.0 Å². The van der Waals surface area contributed by atoms with E-state index in [1.807, 2.05) is 6.92 Å². The Labute approximate surface area is 135 Å². The molecule has 2 N–H and O–H groups in total. The van der Waals surface area contributed by atoms with Crippen molar-refractivity contribution in [1.82, 2.24) is 4.72 Å². The molecule has 0 spiro atoms. The van der Waals surface area contributed by atoms with E-state index < -0.39 is 16.1 Å². The normalized spacial score (nSPS) is 15.6. The van der Waals surface area contributed by atoms with Gasteiger partial charge in [-0.3, -0.25) is 0 Å². The van der Waals surface area contributed by atoms with Crippen molar-refractivity contribution < 1.29 is 23.0 Å². The molecule has 0 aliphatic carbocycles. The van der Waals surface area contributed by atoms with Crippen LogP contribution in [-0.2, 0) is 10.0 Å². The monoisotopic (exact) mass is 349 g/mol. The number of sulfonamides is 1. The number of hydrogen-bond acceptors (Lipinski definition) is 5. The molecule has 0 fully saturated rings. The van der Waals surface area contributed by atoms with Crippen LogP contribution in [0.4, 0.5) is 0 Å². The SMILES string of the molecule is CCCCS(=O)(=O)NC[C@@H](O)c1cc(Cl)c2c(c1)OCCO2. The van der Waals surface area contributed by atoms with Gasteiger partial charge in [-0.15, -0.1) is 0 Å². The summed E-state index contributed by atoms with van der Waals surface area (Å²) in [6, 6.07) is 3.17. The minimum absolute atomic E-state index is 0.0537. The van der Waals surface area contributed by atoms with Gasteiger partial charge in [0.05, 0.1) is 16.9 Å². The van der Waals surface area contributed by atoms with Crippen LogP contribution in [0.1, 0.15) is 31.4 Å². The van der Waals surface area contributed by atoms with Crippen LogP contribution in [0.25, 0.3) is 0 Å². The standard InChI is InChI=1S/C14H20ClNO5S/c1-2-3-6-22(18,19)16-9-12(17)10-7-11(15)14-13(8-10)20-4-5-21-14/h7-8,12,16-17H,2-6,9H2,1H3/t12-/m1/s1. The van der Waals surface area contributed by atoms with Crippen molar-refractivity contribution in [3.63, 3.8) is 0 Å². The number of nitrogens with one attached hydrogen (secondary N) is 1. The molecule has 0 bridgehead atoms. The first-order valence-electron chi connectivity index (χ1n) is 7.17. The van der Waals surface area contributed by atoms with E-state index in [4.69, 9.17) is 21.1 Å². The molecule has 0 aromatic heterocycles. The fourth-order valence-corrected chi connectivity index (χ4v) is 3.55. The Bertz CT molecular complexity index is 620. The van der Waals surface area contributed by atoms with Gasteiger partial charge in [-0.05, 0) is 24.1 Å². The van der Waals surface area contributed by atoms with Gasteiger partial charge in [0.25, 0.3) is 0 Å². The highest BCUT2D eigenvalue weighted by Crippen LogP contribution is 2.39. The predicted molar refractivity (Wildman–Crippen MR) is 84.1 cm³/mol. The summed E-state index contributed by atoms with van der Waals surface area (Å²) >= 11 is 6.10. The number of unbranched alkanes of at least 4 members (excludes halogenated alkanes) is 1. The fraction of sp³-hybridized carbons (Fsp3) is 0.571. The van der Waals surface area contributed by atoms with Gasteiger partial charge in [-0.2, -0.15) is 0 Å². The zero-order chi connectivity index (χ0) is 16.2. The maximum Gasteiger partial charge on any atom is 0.211 e. The Kier molecular flexibility index (Phi) is 5.91. The highest BCUT2D eigenvalue weighted by Gasteiger charge is 2.20. The molecular formula is C14H20ClNO5S. The zero-order valence-corrected chi connectivity index (χ0v) is 13.9. The molecule has 1 atom stereocenters. The van der Waals surface area contributed by atoms with Gasteiger partial charge >= 0.3 is 0 Å². The lowest BCUT2D eigenvalue weighted by molar-refractivity contribution is 0.165. The summed E-state index contributed by atoms with van der Waals surface area (Å²) in [7, 11) is -3.37. The van der Waals surface area contributed by atoms with Crippen LogP contribution in [0, 0.1) is 0 Å². The molecule has 22 heavy (non-hydrogen) atoms. The summed E-state index contributed by atoms with van der Waals surface area (Å²) in [5.41, 5.74) is 0.479. The Morgan fingerprint density at radius 1 is 1.36 bits per heavy atom. The number of halogens is 1. The number of fused-ring (bicyclic) bond motifs is 1. The molecule has 0 saturated carbocycles. The van der Waals surface area contributed by atoms with Crippen molar-refractivity contribution in [3.8, 4) is 11.5 Å². The van der Waals surface area contributed by atoms with Crippen LogP contribution in [-0.4, -0.2) is 39.0 Å². The number of aliphatic hydroxyl groups excluding tert-OH is 1. The first-order chi connectivity index (χ1) is 10.4. The summed E-state index contributed by atoms with van der Waals surface area (Å²) in [5, 5.41) is 10.5. The first kappa shape index (κ1) is 17.3. The van der Waals surface area contributed by atoms with Crippen LogP contribution in [0.3, 0.4) is 0 Å². The molecule has 1 aromatic rings. The van der Waals surface area contributed by atoms with Crippen molar-refractivity contribution in [2.24, 2.45) is 0 Å². The lowest BCUT2D eigenvalue weighted by Crippen LogP contribution is -2.30. The van der Waals surface area contributed by atoms with Gasteiger partial charge in [0.15, 0.2) is 11.5 Å². The molecule has 1 aromatic carbocycles. The van der Waals surface area contributed by atoms with Crippen molar-refractivity contribution in [2.45, 2.75) is 25.9 Å². The average Bonchev–Trinajstić information content (AvgIpc) is 2.51. The van der Waals surface area contributed by atoms with E-state index in [2.05, 4.69) is 4.72 Å². The summed E-state index contributed by atoms with van der Waals surface area (Å²) < 4.78 is 36.7. The minimum Gasteiger partial charge on any atom is -0.486 e. The molecule has 0 radical (unpaired) electrons. The van der Waals surface area contributed by atoms with Crippen molar-refractivity contribution >= 4 is 21.6 Å². The van der Waals surface area contributed by atoms with Gasteiger partial charge in [0, 0.05) is 6.54 Å². The number of ether oxygens (including phenoxy) is 2. The quantitative estimate of drug-likeness (QED) is 0.785. The second-order valence-electron chi connectivity index (χ2n) is 5.06. The molecule has 1 aliphatic heterocycles. The smallest absolute Gasteiger partial charge is 0.211 e. The van der Waals surface area contributed by atoms with Crippen molar-refractivity contribution in [3.05, 3.63) is 22.7 Å². The van der Waals surface area contributed by atoms with E-state index in [-0.39, 0.29) is 12.3 Å². The number of benzene rings is 1. The maximum absolute atomic E-state index is 11.7. The largest absolute Gasteiger partial charge is 0.486 e. The maximum atomic E-state index is 11.7. The van der Waals surface area contributed by atoms with Crippen molar-refractivity contribution in [2.75, 3.05) is 25.5 Å². The highest BCUT2D eigenvalue weighted by atomic mass is 35.5. The number of hydrogen-bond donors (Lipinski definition) is 2. The van der Waals surface area contributed by atoms with Gasteiger partial charge < -0.3 is 14.6 Å². The van der Waals surface area contributed by atoms with E-state index in [0.29, 0.717) is 41.7 Å². The fourth-order valence-electron chi connectivity index (χ4n) is 2.05. The van der Waals surface area contributed by atoms with E-state index >= 15 is 0 Å². The Morgan fingerprint density at radius 2 is 2.09 bits per heavy atom. The van der Waals surface area contributed by atoms with E-state index in [9.17, 15) is 13.5 Å². The topological polar surface area (TPSA) is 84.9 Å². The van der Waals surface area contributed by atoms with E-state index in [1.165, 1.54) is 0 Å². The average molecular weight is 350 g/mol. The molecule has 0 saturated heterocycles. The molecule has 8 heteroatoms. The zero-order valence-electron chi connectivity index (χ0n) is 12.3. The molecule has 0 amide bonds. The van der Waals surface area contributed by atoms with E-state index in [1.54, 1.807) is 12.1 Å². The molecular weight excluding hydrogens is 330 g/mol. The van der Waals surface area contributed by atoms with Gasteiger partial charge in [0.1, 0.15) is 13.2 Å². The molecule has 1 heterocycles. The molecule has 2 rings (SSSR count). The lowest BCUT2D eigenvalue weighted by Gasteiger charge is -2.21. The minimum atomic E-state index is -3.37. The highest BCUT2D eigenvalue weighted by molar-refractivity contribution is 7.89. The second-order valence-corrected chi connectivity index (χ2v) is 7.40. The van der Waals surface area contributed by atoms with Crippen LogP contribution in [0.15, 0.2) is 12.1 Å². The molecule has 1 aliphatic rings. The number of rotatable bonds is 7. The Balaban J connectivity index is 2.04. The van der Waals surface area contributed by atoms with Gasteiger partial charge in [-0.25, -0.2) is 13.1 Å². The molecule has 124 valence electrons. The summed E-state index contributed by atoms with van der Waals surface area (Å²) in [4.78, 5) is 0. The Hall–Kier alpha value is -1.02. The third-order valence-corrected chi connectivity index (χ3v) is 4.98. The van der Waals surface area contributed by atoms with Crippen LogP contribution < -0.4 is 14.2 Å². The van der Waals surface area contributed by atoms with Crippen molar-refractivity contribution in [1.29, 1.82) is 0 Å². The molecule has 6 nitrogen and oxygen atoms in total. The predicted octanol–water partition coefficient (Wildman–Crippen LogP) is 1.86. The Morgan fingerprint density at radius 3 is 2.82 bits per heavy atom. The van der Waals surface area contributed by atoms with Crippen LogP contribution in [0.2, 0.25) is 5.02 Å². The first-order valence-corrected chi connectivity index (χ1v) is 9.20. The third-order valence-electron chi connectivity index (χ3n) is 3.27.